The van der Waals surface area contributed by atoms with Crippen LogP contribution in [0.1, 0.15) is 30.2 Å². The van der Waals surface area contributed by atoms with Gasteiger partial charge in [0.2, 0.25) is 5.82 Å². The summed E-state index contributed by atoms with van der Waals surface area (Å²) in [5.41, 5.74) is 7.87. The van der Waals surface area contributed by atoms with Gasteiger partial charge in [0.25, 0.3) is 0 Å². The molecule has 0 saturated heterocycles. The molecule has 0 saturated carbocycles. The second-order valence-electron chi connectivity index (χ2n) is 8.01. The van der Waals surface area contributed by atoms with E-state index >= 15 is 0 Å². The Bertz CT molecular complexity index is 1300. The number of pyridine rings is 2. The van der Waals surface area contributed by atoms with E-state index in [4.69, 9.17) is 5.73 Å². The molecule has 11 heteroatoms. The van der Waals surface area contributed by atoms with E-state index in [1.165, 1.54) is 4.57 Å². The summed E-state index contributed by atoms with van der Waals surface area (Å²) in [7, 11) is 0. The molecule has 1 aliphatic rings. The van der Waals surface area contributed by atoms with Gasteiger partial charge in [-0.2, -0.15) is 13.2 Å². The van der Waals surface area contributed by atoms with Gasteiger partial charge < -0.3 is 20.5 Å². The van der Waals surface area contributed by atoms with Crippen molar-refractivity contribution in [3.8, 4) is 0 Å². The van der Waals surface area contributed by atoms with Crippen LogP contribution in [0.15, 0.2) is 48.8 Å². The number of anilines is 3. The fourth-order valence-corrected chi connectivity index (χ4v) is 4.19. The zero-order valence-electron chi connectivity index (χ0n) is 17.7. The fourth-order valence-electron chi connectivity index (χ4n) is 4.19. The Balaban J connectivity index is 1.30. The Morgan fingerprint density at radius 3 is 2.70 bits per heavy atom. The number of benzene rings is 1. The number of hydrogen-bond donors (Lipinski definition) is 2. The summed E-state index contributed by atoms with van der Waals surface area (Å²) in [4.78, 5) is 10.6. The molecule has 0 bridgehead atoms. The third-order valence-corrected chi connectivity index (χ3v) is 5.73. The minimum absolute atomic E-state index is 0.212. The van der Waals surface area contributed by atoms with Crippen LogP contribution in [0, 0.1) is 0 Å². The van der Waals surface area contributed by atoms with E-state index < -0.39 is 18.0 Å². The second-order valence-corrected chi connectivity index (χ2v) is 8.01. The predicted octanol–water partition coefficient (Wildman–Crippen LogP) is 4.02. The number of nitrogens with two attached hydrogens (primary N) is 1. The molecule has 1 unspecified atom stereocenters. The Labute approximate surface area is 187 Å². The highest BCUT2D eigenvalue weighted by atomic mass is 19.4. The molecule has 1 atom stereocenters. The number of fused-ring (bicyclic) bond motifs is 2. The topological polar surface area (TPSA) is 97.8 Å². The van der Waals surface area contributed by atoms with Crippen LogP contribution < -0.4 is 16.0 Å². The average Bonchev–Trinajstić information content (AvgIpc) is 3.24. The minimum Gasteiger partial charge on any atom is -0.383 e. The highest BCUT2D eigenvalue weighted by Gasteiger charge is 2.41. The van der Waals surface area contributed by atoms with Gasteiger partial charge >= 0.3 is 6.18 Å². The van der Waals surface area contributed by atoms with Gasteiger partial charge in [-0.25, -0.2) is 9.97 Å². The summed E-state index contributed by atoms with van der Waals surface area (Å²) in [6.07, 6.45) is -1.09. The maximum atomic E-state index is 13.2. The number of aromatic nitrogens is 5. The van der Waals surface area contributed by atoms with Gasteiger partial charge in [-0.3, -0.25) is 0 Å². The molecular weight excluding hydrogens is 433 g/mol. The Morgan fingerprint density at radius 2 is 1.94 bits per heavy atom. The summed E-state index contributed by atoms with van der Waals surface area (Å²) in [5, 5.41) is 12.4. The lowest BCUT2D eigenvalue weighted by atomic mass is 10.1. The lowest BCUT2D eigenvalue weighted by Gasteiger charge is -2.33. The van der Waals surface area contributed by atoms with Gasteiger partial charge in [0.1, 0.15) is 11.6 Å². The van der Waals surface area contributed by atoms with E-state index in [2.05, 4.69) is 25.5 Å². The molecule has 0 amide bonds. The van der Waals surface area contributed by atoms with Crippen molar-refractivity contribution < 1.29 is 13.2 Å². The third kappa shape index (κ3) is 3.90. The summed E-state index contributed by atoms with van der Waals surface area (Å²) in [6, 6.07) is 11.1. The molecule has 8 nitrogen and oxygen atoms in total. The zero-order valence-corrected chi connectivity index (χ0v) is 17.7. The van der Waals surface area contributed by atoms with Crippen molar-refractivity contribution in [1.82, 2.24) is 24.7 Å². The van der Waals surface area contributed by atoms with E-state index in [1.54, 1.807) is 19.3 Å². The normalized spacial score (nSPS) is 16.1. The van der Waals surface area contributed by atoms with Crippen LogP contribution in [0.4, 0.5) is 30.5 Å². The summed E-state index contributed by atoms with van der Waals surface area (Å²) in [6.45, 7) is 2.86. The van der Waals surface area contributed by atoms with Crippen molar-refractivity contribution in [3.05, 3.63) is 66.0 Å². The van der Waals surface area contributed by atoms with Crippen molar-refractivity contribution in [2.24, 2.45) is 0 Å². The molecule has 33 heavy (non-hydrogen) atoms. The third-order valence-electron chi connectivity index (χ3n) is 5.73. The number of nitrogens with one attached hydrogen (secondary N) is 1. The number of nitrogen functional groups attached to an aromatic ring is 1. The molecule has 4 heterocycles. The van der Waals surface area contributed by atoms with E-state index in [-0.39, 0.29) is 12.4 Å². The van der Waals surface area contributed by atoms with E-state index in [9.17, 15) is 13.2 Å². The lowest BCUT2D eigenvalue weighted by molar-refractivity contribution is -0.148. The molecule has 1 aromatic carbocycles. The maximum Gasteiger partial charge on any atom is 0.451 e. The molecule has 5 rings (SSSR count). The van der Waals surface area contributed by atoms with Gasteiger partial charge in [-0.05, 0) is 30.7 Å². The van der Waals surface area contributed by atoms with Crippen LogP contribution in [0.5, 0.6) is 0 Å². The van der Waals surface area contributed by atoms with Crippen LogP contribution in [0.2, 0.25) is 0 Å². The monoisotopic (exact) mass is 454 g/mol. The van der Waals surface area contributed by atoms with Crippen LogP contribution in [0.25, 0.3) is 10.8 Å². The van der Waals surface area contributed by atoms with E-state index in [1.807, 2.05) is 41.3 Å². The minimum atomic E-state index is -4.53. The molecular formula is C22H21F3N8. The highest BCUT2D eigenvalue weighted by Crippen LogP contribution is 2.33. The molecule has 0 fully saturated rings. The van der Waals surface area contributed by atoms with Crippen LogP contribution in [0.3, 0.4) is 0 Å². The summed E-state index contributed by atoms with van der Waals surface area (Å²) in [5.74, 6) is 0.483. The fraction of sp³-hybridized carbons (Fsp3) is 0.273. The number of rotatable bonds is 4. The van der Waals surface area contributed by atoms with Gasteiger partial charge in [-0.15, -0.1) is 10.2 Å². The van der Waals surface area contributed by atoms with Gasteiger partial charge in [0.15, 0.2) is 5.82 Å². The highest BCUT2D eigenvalue weighted by molar-refractivity contribution is 5.99. The van der Waals surface area contributed by atoms with Crippen molar-refractivity contribution in [2.45, 2.75) is 32.2 Å². The first-order chi connectivity index (χ1) is 15.8. The molecule has 0 spiro atoms. The largest absolute Gasteiger partial charge is 0.451 e. The van der Waals surface area contributed by atoms with Crippen LogP contribution >= 0.6 is 0 Å². The van der Waals surface area contributed by atoms with Crippen molar-refractivity contribution >= 4 is 28.1 Å². The number of alkyl halides is 3. The molecule has 3 N–H and O–H groups in total. The van der Waals surface area contributed by atoms with Gasteiger partial charge in [-0.1, -0.05) is 18.2 Å². The molecule has 0 radical (unpaired) electrons. The summed E-state index contributed by atoms with van der Waals surface area (Å²) < 4.78 is 40.7. The SMILES string of the molecule is CC1CN(c2ccc(CNc3cccc4c(N)nccc34)cn2)Cc2nnc(C(F)(F)F)n21. The molecule has 170 valence electrons. The maximum absolute atomic E-state index is 13.2. The standard InChI is InChI=1S/C22H21F3N8/c1-13-11-32(12-19-30-31-21(33(13)19)22(23,24)25)18-6-5-14(10-29-18)9-28-17-4-2-3-16-15(17)7-8-27-20(16)26/h2-8,10,13,28H,9,11-12H2,1H3,(H2,26,27). The van der Waals surface area contributed by atoms with E-state index in [0.29, 0.717) is 24.7 Å². The quantitative estimate of drug-likeness (QED) is 0.481. The molecule has 4 aromatic rings. The van der Waals surface area contributed by atoms with E-state index in [0.717, 1.165) is 22.0 Å². The van der Waals surface area contributed by atoms with Gasteiger partial charge in [0.05, 0.1) is 12.6 Å². The summed E-state index contributed by atoms with van der Waals surface area (Å²) >= 11 is 0. The second kappa shape index (κ2) is 7.91. The lowest BCUT2D eigenvalue weighted by Crippen LogP contribution is -2.38. The molecule has 3 aromatic heterocycles. The number of nitrogens with zero attached hydrogens (tertiary/aromatic N) is 6. The Hall–Kier alpha value is -3.89. The first-order valence-corrected chi connectivity index (χ1v) is 10.4. The average molecular weight is 454 g/mol. The predicted molar refractivity (Wildman–Crippen MR) is 119 cm³/mol. The Morgan fingerprint density at radius 1 is 1.09 bits per heavy atom. The van der Waals surface area contributed by atoms with Crippen LogP contribution in [-0.2, 0) is 19.3 Å². The first kappa shape index (κ1) is 21.0. The van der Waals surface area contributed by atoms with Crippen LogP contribution in [-0.4, -0.2) is 31.3 Å². The van der Waals surface area contributed by atoms with Gasteiger partial charge in [0, 0.05) is 41.9 Å². The van der Waals surface area contributed by atoms with Crippen molar-refractivity contribution in [3.63, 3.8) is 0 Å². The number of halogens is 3. The first-order valence-electron chi connectivity index (χ1n) is 10.4. The van der Waals surface area contributed by atoms with Crippen molar-refractivity contribution in [1.29, 1.82) is 0 Å². The molecule has 1 aliphatic heterocycles. The van der Waals surface area contributed by atoms with Crippen molar-refractivity contribution in [2.75, 3.05) is 22.5 Å². The number of hydrogen-bond acceptors (Lipinski definition) is 7. The Kier molecular flexibility index (Phi) is 5.03. The molecule has 0 aliphatic carbocycles. The zero-order chi connectivity index (χ0) is 23.2. The smallest absolute Gasteiger partial charge is 0.383 e.